The normalized spacial score (nSPS) is 22.8. The lowest BCUT2D eigenvalue weighted by Gasteiger charge is -2.35. The maximum absolute atomic E-state index is 13.9. The summed E-state index contributed by atoms with van der Waals surface area (Å²) in [5.74, 6) is -3.06. The van der Waals surface area contributed by atoms with Gasteiger partial charge < -0.3 is 20.1 Å². The van der Waals surface area contributed by atoms with Crippen LogP contribution >= 0.6 is 0 Å². The number of alkyl halides is 3. The molecule has 2 aromatic carbocycles. The van der Waals surface area contributed by atoms with Crippen molar-refractivity contribution in [2.24, 2.45) is 5.92 Å². The summed E-state index contributed by atoms with van der Waals surface area (Å²) in [6.07, 6.45) is 6.19. The lowest BCUT2D eigenvalue weighted by molar-refractivity contribution is -0.192. The predicted molar refractivity (Wildman–Crippen MR) is 170 cm³/mol. The second kappa shape index (κ2) is 15.9. The second-order valence-electron chi connectivity index (χ2n) is 12.9. The molecule has 1 heterocycles. The molecule has 2 aromatic rings. The minimum atomic E-state index is -5.08. The summed E-state index contributed by atoms with van der Waals surface area (Å²) in [6.45, 7) is 6.94. The molecule has 3 aliphatic rings. The lowest BCUT2D eigenvalue weighted by Crippen LogP contribution is -2.51. The maximum Gasteiger partial charge on any atom is 0.490 e. The van der Waals surface area contributed by atoms with Crippen LogP contribution in [0.25, 0.3) is 11.1 Å². The summed E-state index contributed by atoms with van der Waals surface area (Å²) >= 11 is 0. The third kappa shape index (κ3) is 8.90. The van der Waals surface area contributed by atoms with Crippen molar-refractivity contribution in [1.29, 1.82) is 0 Å². The Bertz CT molecular complexity index is 1310. The fourth-order valence-electron chi connectivity index (χ4n) is 7.21. The molecule has 46 heavy (non-hydrogen) atoms. The van der Waals surface area contributed by atoms with Crippen molar-refractivity contribution in [1.82, 2.24) is 10.2 Å². The Kier molecular flexibility index (Phi) is 12.3. The SMILES string of the molecule is CCOC(=O)[C@@H]1CCCC[C@H]1NC(=O)C1(c2ccc(-c3ccc(CCN4CCC[C@H]4C)cc3)cc2)CCCC1.O=C(O)C(F)(F)F. The van der Waals surface area contributed by atoms with Gasteiger partial charge in [0.25, 0.3) is 0 Å². The number of carbonyl (C=O) groups excluding carboxylic acids is 2. The van der Waals surface area contributed by atoms with E-state index in [1.54, 1.807) is 0 Å². The summed E-state index contributed by atoms with van der Waals surface area (Å²) in [5.41, 5.74) is 4.37. The van der Waals surface area contributed by atoms with Gasteiger partial charge in [-0.25, -0.2) is 4.79 Å². The van der Waals surface area contributed by atoms with Gasteiger partial charge in [-0.15, -0.1) is 0 Å². The molecule has 0 aromatic heterocycles. The third-order valence-corrected chi connectivity index (χ3v) is 9.91. The molecule has 1 saturated heterocycles. The number of likely N-dealkylation sites (tertiary alicyclic amines) is 1. The quantitative estimate of drug-likeness (QED) is 0.284. The van der Waals surface area contributed by atoms with Crippen LogP contribution in [-0.2, 0) is 31.0 Å². The largest absolute Gasteiger partial charge is 0.490 e. The number of benzene rings is 2. The van der Waals surface area contributed by atoms with E-state index < -0.39 is 17.6 Å². The van der Waals surface area contributed by atoms with Crippen molar-refractivity contribution in [2.45, 2.75) is 108 Å². The van der Waals surface area contributed by atoms with Crippen molar-refractivity contribution in [2.75, 3.05) is 19.7 Å². The van der Waals surface area contributed by atoms with Crippen LogP contribution in [0.4, 0.5) is 13.2 Å². The monoisotopic (exact) mass is 644 g/mol. The highest BCUT2D eigenvalue weighted by Gasteiger charge is 2.45. The van der Waals surface area contributed by atoms with Gasteiger partial charge in [0.15, 0.2) is 0 Å². The highest BCUT2D eigenvalue weighted by atomic mass is 19.4. The molecule has 1 aliphatic heterocycles. The van der Waals surface area contributed by atoms with Crippen molar-refractivity contribution < 1.29 is 37.4 Å². The predicted octanol–water partition coefficient (Wildman–Crippen LogP) is 7.06. The Hall–Kier alpha value is -3.40. The number of nitrogens with zero attached hydrogens (tertiary/aromatic N) is 1. The van der Waals surface area contributed by atoms with Crippen molar-refractivity contribution in [3.8, 4) is 11.1 Å². The minimum Gasteiger partial charge on any atom is -0.475 e. The van der Waals surface area contributed by atoms with Crippen LogP contribution in [-0.4, -0.2) is 65.8 Å². The second-order valence-corrected chi connectivity index (χ2v) is 12.9. The Morgan fingerprint density at radius 3 is 2.04 bits per heavy atom. The van der Waals surface area contributed by atoms with Gasteiger partial charge >= 0.3 is 18.1 Å². The number of aliphatic carboxylic acids is 1. The smallest absolute Gasteiger partial charge is 0.475 e. The van der Waals surface area contributed by atoms with E-state index in [1.165, 1.54) is 36.1 Å². The zero-order chi connectivity index (χ0) is 33.3. The number of nitrogens with one attached hydrogen (secondary N) is 1. The molecule has 0 unspecified atom stereocenters. The van der Waals surface area contributed by atoms with E-state index in [-0.39, 0.29) is 23.8 Å². The van der Waals surface area contributed by atoms with Crippen molar-refractivity contribution in [3.05, 3.63) is 59.7 Å². The van der Waals surface area contributed by atoms with Crippen LogP contribution in [0.5, 0.6) is 0 Å². The first-order chi connectivity index (χ1) is 21.9. The van der Waals surface area contributed by atoms with Crippen LogP contribution in [0.15, 0.2) is 48.5 Å². The molecule has 2 aliphatic carbocycles. The fourth-order valence-corrected chi connectivity index (χ4v) is 7.21. The summed E-state index contributed by atoms with van der Waals surface area (Å²) < 4.78 is 37.1. The Morgan fingerprint density at radius 1 is 0.913 bits per heavy atom. The van der Waals surface area contributed by atoms with E-state index >= 15 is 0 Å². The Morgan fingerprint density at radius 2 is 1.50 bits per heavy atom. The number of rotatable bonds is 9. The van der Waals surface area contributed by atoms with Gasteiger partial charge in [0.05, 0.1) is 17.9 Å². The van der Waals surface area contributed by atoms with E-state index in [0.29, 0.717) is 6.61 Å². The molecule has 3 fully saturated rings. The van der Waals surface area contributed by atoms with E-state index in [9.17, 15) is 22.8 Å². The summed E-state index contributed by atoms with van der Waals surface area (Å²) in [4.78, 5) is 38.0. The van der Waals surface area contributed by atoms with Crippen LogP contribution in [0.1, 0.15) is 89.2 Å². The van der Waals surface area contributed by atoms with Gasteiger partial charge in [0.1, 0.15) is 0 Å². The van der Waals surface area contributed by atoms with Crippen LogP contribution in [0, 0.1) is 5.92 Å². The van der Waals surface area contributed by atoms with Gasteiger partial charge in [0, 0.05) is 18.6 Å². The average Bonchev–Trinajstić information content (AvgIpc) is 3.71. The summed E-state index contributed by atoms with van der Waals surface area (Å²) in [6, 6.07) is 18.2. The molecule has 0 bridgehead atoms. The zero-order valence-electron chi connectivity index (χ0n) is 26.9. The topological polar surface area (TPSA) is 95.9 Å². The fraction of sp³-hybridized carbons (Fsp3) is 0.583. The average molecular weight is 645 g/mol. The molecule has 0 spiro atoms. The number of hydrogen-bond donors (Lipinski definition) is 2. The summed E-state index contributed by atoms with van der Waals surface area (Å²) in [7, 11) is 0. The van der Waals surface area contributed by atoms with Gasteiger partial charge in [-0.1, -0.05) is 74.2 Å². The molecule has 0 radical (unpaired) electrons. The minimum absolute atomic E-state index is 0.0885. The molecule has 10 heteroatoms. The number of hydrogen-bond acceptors (Lipinski definition) is 5. The van der Waals surface area contributed by atoms with Gasteiger partial charge in [-0.05, 0) is 87.6 Å². The number of esters is 1. The molecule has 1 amide bonds. The first-order valence-corrected chi connectivity index (χ1v) is 16.7. The molecule has 3 atom stereocenters. The number of ether oxygens (including phenoxy) is 1. The van der Waals surface area contributed by atoms with Crippen LogP contribution in [0.2, 0.25) is 0 Å². The zero-order valence-corrected chi connectivity index (χ0v) is 26.9. The van der Waals surface area contributed by atoms with E-state index in [4.69, 9.17) is 14.6 Å². The number of carboxylic acids is 1. The standard InChI is InChI=1S/C34H46N2O3.C2HF3O2/c1-3-39-32(37)30-10-4-5-11-31(30)35-33(38)34(21-6-7-22-34)29-18-16-28(17-19-29)27-14-12-26(13-15-27)20-24-36-23-8-9-25(36)2;3-2(4,5)1(6)7/h12-19,25,30-31H,3-11,20-24H2,1-2H3,(H,35,38);(H,6,7)/t25-,30-,31-;/m1./s1. The highest BCUT2D eigenvalue weighted by Crippen LogP contribution is 2.42. The Balaban J connectivity index is 0.000000617. The Labute approximate surface area is 269 Å². The molecule has 252 valence electrons. The van der Waals surface area contributed by atoms with E-state index in [2.05, 4.69) is 65.7 Å². The highest BCUT2D eigenvalue weighted by molar-refractivity contribution is 5.89. The third-order valence-electron chi connectivity index (χ3n) is 9.91. The molecule has 2 N–H and O–H groups in total. The molecule has 7 nitrogen and oxygen atoms in total. The van der Waals surface area contributed by atoms with Crippen molar-refractivity contribution >= 4 is 17.8 Å². The van der Waals surface area contributed by atoms with Crippen LogP contribution in [0.3, 0.4) is 0 Å². The van der Waals surface area contributed by atoms with Gasteiger partial charge in [-0.3, -0.25) is 9.59 Å². The molecular formula is C36H47F3N2O5. The van der Waals surface area contributed by atoms with E-state index in [0.717, 1.165) is 75.9 Å². The molecule has 2 saturated carbocycles. The number of carbonyl (C=O) groups is 3. The summed E-state index contributed by atoms with van der Waals surface area (Å²) in [5, 5.41) is 10.5. The first-order valence-electron chi connectivity index (χ1n) is 16.7. The van der Waals surface area contributed by atoms with Crippen molar-refractivity contribution in [3.63, 3.8) is 0 Å². The lowest BCUT2D eigenvalue weighted by atomic mass is 9.76. The van der Waals surface area contributed by atoms with Crippen LogP contribution < -0.4 is 5.32 Å². The first kappa shape index (κ1) is 35.5. The van der Waals surface area contributed by atoms with E-state index in [1.807, 2.05) is 6.92 Å². The molecule has 5 rings (SSSR count). The maximum atomic E-state index is 13.9. The number of carboxylic acid groups (broad SMARTS) is 1. The number of amides is 1. The van der Waals surface area contributed by atoms with Gasteiger partial charge in [-0.2, -0.15) is 13.2 Å². The number of halogens is 3. The molecular weight excluding hydrogens is 597 g/mol. The van der Waals surface area contributed by atoms with Gasteiger partial charge in [0.2, 0.25) is 5.91 Å².